The minimum absolute atomic E-state index is 0.578. The summed E-state index contributed by atoms with van der Waals surface area (Å²) in [6.45, 7) is 2.05. The Kier molecular flexibility index (Phi) is 5.22. The fourth-order valence-corrected chi connectivity index (χ4v) is 2.17. The molecule has 0 aliphatic carbocycles. The van der Waals surface area contributed by atoms with Crippen molar-refractivity contribution in [2.24, 2.45) is 5.10 Å². The third-order valence-electron chi connectivity index (χ3n) is 2.73. The second-order valence-corrected chi connectivity index (χ2v) is 5.20. The molecule has 6 heteroatoms. The highest BCUT2D eigenvalue weighted by atomic mass is 32.1. The Bertz CT molecular complexity index is 633. The van der Waals surface area contributed by atoms with Crippen LogP contribution < -0.4 is 10.7 Å². The fraction of sp³-hybridized carbons (Fsp3) is 0.133. The highest BCUT2D eigenvalue weighted by molar-refractivity contribution is 7.11. The SMILES string of the molecule is CCc1ccc(NC(=O)C(=O)N/N=C/c2cccs2)cc1. The second-order valence-electron chi connectivity index (χ2n) is 4.22. The molecular formula is C15H15N3O2S. The van der Waals surface area contributed by atoms with Crippen LogP contribution in [0.5, 0.6) is 0 Å². The van der Waals surface area contributed by atoms with Crippen molar-refractivity contribution in [1.29, 1.82) is 0 Å². The Morgan fingerprint density at radius 3 is 2.57 bits per heavy atom. The van der Waals surface area contributed by atoms with Gasteiger partial charge in [-0.2, -0.15) is 5.10 Å². The molecule has 0 saturated heterocycles. The predicted octanol–water partition coefficient (Wildman–Crippen LogP) is 2.40. The van der Waals surface area contributed by atoms with E-state index in [1.165, 1.54) is 17.6 Å². The van der Waals surface area contributed by atoms with Gasteiger partial charge in [0.15, 0.2) is 0 Å². The summed E-state index contributed by atoms with van der Waals surface area (Å²) >= 11 is 1.49. The summed E-state index contributed by atoms with van der Waals surface area (Å²) < 4.78 is 0. The van der Waals surface area contributed by atoms with Crippen molar-refractivity contribution >= 4 is 35.1 Å². The first kappa shape index (κ1) is 14.9. The molecule has 0 aliphatic rings. The highest BCUT2D eigenvalue weighted by Gasteiger charge is 2.12. The van der Waals surface area contributed by atoms with Crippen LogP contribution in [0.3, 0.4) is 0 Å². The number of hydrogen-bond acceptors (Lipinski definition) is 4. The van der Waals surface area contributed by atoms with Gasteiger partial charge in [0.25, 0.3) is 0 Å². The molecule has 2 aromatic rings. The standard InChI is InChI=1S/C15H15N3O2S/c1-2-11-5-7-12(8-6-11)17-14(19)15(20)18-16-10-13-4-3-9-21-13/h3-10H,2H2,1H3,(H,17,19)(H,18,20)/b16-10+. The summed E-state index contributed by atoms with van der Waals surface area (Å²) in [5, 5.41) is 8.14. The zero-order valence-corrected chi connectivity index (χ0v) is 12.3. The first-order valence-corrected chi connectivity index (χ1v) is 7.34. The monoisotopic (exact) mass is 301 g/mol. The van der Waals surface area contributed by atoms with Gasteiger partial charge >= 0.3 is 11.8 Å². The van der Waals surface area contributed by atoms with Crippen molar-refractivity contribution in [1.82, 2.24) is 5.43 Å². The quantitative estimate of drug-likeness (QED) is 0.517. The van der Waals surface area contributed by atoms with Crippen LogP contribution in [-0.2, 0) is 16.0 Å². The fourth-order valence-electron chi connectivity index (χ4n) is 1.58. The number of thiophene rings is 1. The highest BCUT2D eigenvalue weighted by Crippen LogP contribution is 2.09. The van der Waals surface area contributed by atoms with E-state index in [1.54, 1.807) is 12.1 Å². The van der Waals surface area contributed by atoms with Crippen LogP contribution >= 0.6 is 11.3 Å². The van der Waals surface area contributed by atoms with E-state index in [4.69, 9.17) is 0 Å². The molecule has 2 N–H and O–H groups in total. The number of nitrogens with zero attached hydrogens (tertiary/aromatic N) is 1. The molecule has 5 nitrogen and oxygen atoms in total. The molecule has 0 atom stereocenters. The van der Waals surface area contributed by atoms with Gasteiger partial charge < -0.3 is 5.32 Å². The van der Waals surface area contributed by atoms with Crippen molar-refractivity contribution in [3.63, 3.8) is 0 Å². The molecule has 0 unspecified atom stereocenters. The van der Waals surface area contributed by atoms with Gasteiger partial charge in [0.2, 0.25) is 0 Å². The molecule has 2 rings (SSSR count). The molecule has 1 aromatic heterocycles. The maximum atomic E-state index is 11.7. The zero-order valence-electron chi connectivity index (χ0n) is 11.5. The normalized spacial score (nSPS) is 10.5. The van der Waals surface area contributed by atoms with Gasteiger partial charge in [-0.25, -0.2) is 5.43 Å². The lowest BCUT2D eigenvalue weighted by Crippen LogP contribution is -2.32. The van der Waals surface area contributed by atoms with E-state index in [2.05, 4.69) is 15.8 Å². The molecule has 0 fully saturated rings. The molecule has 0 bridgehead atoms. The summed E-state index contributed by atoms with van der Waals surface area (Å²) in [5.41, 5.74) is 3.93. The van der Waals surface area contributed by atoms with Crippen LogP contribution in [0.15, 0.2) is 46.9 Å². The number of carbonyl (C=O) groups is 2. The maximum absolute atomic E-state index is 11.7. The molecular weight excluding hydrogens is 286 g/mol. The maximum Gasteiger partial charge on any atom is 0.329 e. The molecule has 0 radical (unpaired) electrons. The smallest absolute Gasteiger partial charge is 0.318 e. The van der Waals surface area contributed by atoms with Gasteiger partial charge in [-0.15, -0.1) is 11.3 Å². The van der Waals surface area contributed by atoms with E-state index in [-0.39, 0.29) is 0 Å². The van der Waals surface area contributed by atoms with Gasteiger partial charge in [0.05, 0.1) is 6.21 Å². The Morgan fingerprint density at radius 2 is 1.95 bits per heavy atom. The summed E-state index contributed by atoms with van der Waals surface area (Å²) in [7, 11) is 0. The van der Waals surface area contributed by atoms with Crippen molar-refractivity contribution in [2.75, 3.05) is 5.32 Å². The van der Waals surface area contributed by atoms with Gasteiger partial charge in [0, 0.05) is 10.6 Å². The van der Waals surface area contributed by atoms with Gasteiger partial charge in [-0.3, -0.25) is 9.59 Å². The minimum Gasteiger partial charge on any atom is -0.318 e. The lowest BCUT2D eigenvalue weighted by atomic mass is 10.1. The lowest BCUT2D eigenvalue weighted by molar-refractivity contribution is -0.136. The van der Waals surface area contributed by atoms with Gasteiger partial charge in [-0.05, 0) is 35.6 Å². The molecule has 21 heavy (non-hydrogen) atoms. The molecule has 1 aromatic carbocycles. The summed E-state index contributed by atoms with van der Waals surface area (Å²) in [4.78, 5) is 24.1. The molecule has 0 saturated carbocycles. The zero-order chi connectivity index (χ0) is 15.1. The first-order valence-electron chi connectivity index (χ1n) is 6.46. The number of aryl methyl sites for hydroxylation is 1. The van der Waals surface area contributed by atoms with Crippen LogP contribution in [0, 0.1) is 0 Å². The number of benzene rings is 1. The number of anilines is 1. The molecule has 1 heterocycles. The van der Waals surface area contributed by atoms with Crippen molar-refractivity contribution in [3.8, 4) is 0 Å². The van der Waals surface area contributed by atoms with E-state index in [0.717, 1.165) is 16.9 Å². The molecule has 108 valence electrons. The number of nitrogens with one attached hydrogen (secondary N) is 2. The summed E-state index contributed by atoms with van der Waals surface area (Å²) in [6, 6.07) is 11.1. The van der Waals surface area contributed by atoms with E-state index < -0.39 is 11.8 Å². The predicted molar refractivity (Wildman–Crippen MR) is 84.5 cm³/mol. The Hall–Kier alpha value is -2.47. The summed E-state index contributed by atoms with van der Waals surface area (Å²) in [6.07, 6.45) is 2.41. The van der Waals surface area contributed by atoms with Crippen LogP contribution in [0.4, 0.5) is 5.69 Å². The minimum atomic E-state index is -0.803. The second kappa shape index (κ2) is 7.35. The number of rotatable bonds is 4. The van der Waals surface area contributed by atoms with Gasteiger partial charge in [-0.1, -0.05) is 25.1 Å². The van der Waals surface area contributed by atoms with Crippen LogP contribution in [-0.4, -0.2) is 18.0 Å². The van der Waals surface area contributed by atoms with Crippen LogP contribution in [0.1, 0.15) is 17.4 Å². The Labute approximate surface area is 126 Å². The largest absolute Gasteiger partial charge is 0.329 e. The van der Waals surface area contributed by atoms with E-state index in [9.17, 15) is 9.59 Å². The molecule has 0 aliphatic heterocycles. The van der Waals surface area contributed by atoms with E-state index in [1.807, 2.05) is 36.6 Å². The van der Waals surface area contributed by atoms with Crippen molar-refractivity contribution < 1.29 is 9.59 Å². The number of hydrazone groups is 1. The third-order valence-corrected chi connectivity index (χ3v) is 3.53. The van der Waals surface area contributed by atoms with Crippen molar-refractivity contribution in [2.45, 2.75) is 13.3 Å². The average molecular weight is 301 g/mol. The van der Waals surface area contributed by atoms with Gasteiger partial charge in [0.1, 0.15) is 0 Å². The average Bonchev–Trinajstić information content (AvgIpc) is 3.01. The van der Waals surface area contributed by atoms with Crippen LogP contribution in [0.2, 0.25) is 0 Å². The van der Waals surface area contributed by atoms with Crippen molar-refractivity contribution in [3.05, 3.63) is 52.2 Å². The number of carbonyl (C=O) groups excluding carboxylic acids is 2. The Balaban J connectivity index is 1.85. The number of hydrogen-bond donors (Lipinski definition) is 2. The third kappa shape index (κ3) is 4.54. The first-order chi connectivity index (χ1) is 10.2. The summed E-state index contributed by atoms with van der Waals surface area (Å²) in [5.74, 6) is -1.55. The topological polar surface area (TPSA) is 70.6 Å². The molecule has 2 amide bonds. The Morgan fingerprint density at radius 1 is 1.19 bits per heavy atom. The van der Waals surface area contributed by atoms with Crippen LogP contribution in [0.25, 0.3) is 0 Å². The number of amides is 2. The molecule has 0 spiro atoms. The van der Waals surface area contributed by atoms with E-state index >= 15 is 0 Å². The lowest BCUT2D eigenvalue weighted by Gasteiger charge is -2.04. The van der Waals surface area contributed by atoms with E-state index in [0.29, 0.717) is 5.69 Å².